The maximum absolute atomic E-state index is 6.33. The maximum Gasteiger partial charge on any atom is 0.130 e. The minimum absolute atomic E-state index is 0.122. The summed E-state index contributed by atoms with van der Waals surface area (Å²) in [7, 11) is 0. The Hall–Kier alpha value is -1.22. The molecule has 1 aliphatic heterocycles. The molecule has 0 bridgehead atoms. The van der Waals surface area contributed by atoms with Crippen molar-refractivity contribution in [3.8, 4) is 16.9 Å². The van der Waals surface area contributed by atoms with Crippen molar-refractivity contribution < 1.29 is 4.74 Å². The van der Waals surface area contributed by atoms with E-state index in [9.17, 15) is 0 Å². The van der Waals surface area contributed by atoms with Gasteiger partial charge in [-0.05, 0) is 31.0 Å². The molecule has 2 aromatic carbocycles. The van der Waals surface area contributed by atoms with Crippen molar-refractivity contribution in [2.75, 3.05) is 0 Å². The van der Waals surface area contributed by atoms with Crippen LogP contribution in [0.1, 0.15) is 18.9 Å². The third-order valence-electron chi connectivity index (χ3n) is 3.70. The molecule has 0 saturated carbocycles. The van der Waals surface area contributed by atoms with Crippen LogP contribution in [0.3, 0.4) is 0 Å². The third-order valence-corrected chi connectivity index (χ3v) is 4.33. The van der Waals surface area contributed by atoms with Crippen molar-refractivity contribution in [1.29, 1.82) is 0 Å². The molecule has 0 radical (unpaired) electrons. The number of hydrogen-bond acceptors (Lipinski definition) is 2. The Morgan fingerprint density at radius 1 is 1.19 bits per heavy atom. The molecule has 2 atom stereocenters. The van der Waals surface area contributed by atoms with Crippen LogP contribution >= 0.6 is 23.2 Å². The first-order chi connectivity index (χ1) is 10.1. The van der Waals surface area contributed by atoms with Crippen LogP contribution in [0.5, 0.6) is 5.75 Å². The fourth-order valence-corrected chi connectivity index (χ4v) is 3.44. The number of nitrogens with two attached hydrogens (primary N) is 1. The molecular formula is C17H17Cl2NO. The molecular weight excluding hydrogens is 305 g/mol. The number of rotatable bonds is 3. The number of benzene rings is 2. The fourth-order valence-electron chi connectivity index (χ4n) is 2.84. The standard InChI is InChI=1S/C17H17Cl2NO/c1-10(20)8-12-9-11-4-2-5-13(17(11)21-12)16-14(18)6-3-7-15(16)19/h2-7,10,12H,8-9,20H2,1H3. The van der Waals surface area contributed by atoms with Crippen molar-refractivity contribution in [2.45, 2.75) is 31.9 Å². The molecule has 110 valence electrons. The molecule has 2 nitrogen and oxygen atoms in total. The number of fused-ring (bicyclic) bond motifs is 1. The first kappa shape index (κ1) is 14.7. The van der Waals surface area contributed by atoms with Crippen LogP contribution in [0.4, 0.5) is 0 Å². The summed E-state index contributed by atoms with van der Waals surface area (Å²) >= 11 is 12.7. The highest BCUT2D eigenvalue weighted by Gasteiger charge is 2.27. The Balaban J connectivity index is 2.03. The van der Waals surface area contributed by atoms with Gasteiger partial charge in [0.15, 0.2) is 0 Å². The summed E-state index contributed by atoms with van der Waals surface area (Å²) in [5, 5.41) is 1.27. The SMILES string of the molecule is CC(N)CC1Cc2cccc(-c3c(Cl)cccc3Cl)c2O1. The van der Waals surface area contributed by atoms with Crippen LogP contribution in [0.15, 0.2) is 36.4 Å². The second kappa shape index (κ2) is 5.88. The molecule has 0 aliphatic carbocycles. The Morgan fingerprint density at radius 3 is 2.52 bits per heavy atom. The minimum atomic E-state index is 0.122. The van der Waals surface area contributed by atoms with E-state index in [1.165, 1.54) is 5.56 Å². The van der Waals surface area contributed by atoms with Crippen molar-refractivity contribution >= 4 is 23.2 Å². The van der Waals surface area contributed by atoms with Gasteiger partial charge in [0.2, 0.25) is 0 Å². The highest BCUT2D eigenvalue weighted by atomic mass is 35.5. The lowest BCUT2D eigenvalue weighted by Gasteiger charge is -2.15. The maximum atomic E-state index is 6.33. The van der Waals surface area contributed by atoms with Gasteiger partial charge in [0, 0.05) is 23.6 Å². The zero-order valence-electron chi connectivity index (χ0n) is 11.8. The minimum Gasteiger partial charge on any atom is -0.489 e. The zero-order valence-corrected chi connectivity index (χ0v) is 13.3. The summed E-state index contributed by atoms with van der Waals surface area (Å²) in [6, 6.07) is 11.8. The van der Waals surface area contributed by atoms with Gasteiger partial charge in [-0.25, -0.2) is 0 Å². The Morgan fingerprint density at radius 2 is 1.86 bits per heavy atom. The van der Waals surface area contributed by atoms with E-state index in [0.29, 0.717) is 10.0 Å². The first-order valence-electron chi connectivity index (χ1n) is 7.04. The van der Waals surface area contributed by atoms with Crippen molar-refractivity contribution in [3.05, 3.63) is 52.0 Å². The van der Waals surface area contributed by atoms with Gasteiger partial charge in [-0.15, -0.1) is 0 Å². The summed E-state index contributed by atoms with van der Waals surface area (Å²) in [6.45, 7) is 2.00. The lowest BCUT2D eigenvalue weighted by molar-refractivity contribution is 0.213. The molecule has 0 spiro atoms. The smallest absolute Gasteiger partial charge is 0.130 e. The second-order valence-corrected chi connectivity index (χ2v) is 6.36. The molecule has 0 amide bonds. The van der Waals surface area contributed by atoms with Crippen LogP contribution in [0, 0.1) is 0 Å². The number of para-hydroxylation sites is 1. The molecule has 21 heavy (non-hydrogen) atoms. The van der Waals surface area contributed by atoms with Gasteiger partial charge in [0.05, 0.1) is 10.0 Å². The molecule has 3 rings (SSSR count). The number of halogens is 2. The second-order valence-electron chi connectivity index (χ2n) is 5.55. The topological polar surface area (TPSA) is 35.2 Å². The molecule has 1 aliphatic rings. The van der Waals surface area contributed by atoms with Gasteiger partial charge >= 0.3 is 0 Å². The Bertz CT molecular complexity index is 650. The molecule has 2 aromatic rings. The summed E-state index contributed by atoms with van der Waals surface area (Å²) < 4.78 is 6.12. The van der Waals surface area contributed by atoms with Gasteiger partial charge in [-0.1, -0.05) is 47.5 Å². The van der Waals surface area contributed by atoms with E-state index < -0.39 is 0 Å². The highest BCUT2D eigenvalue weighted by Crippen LogP contribution is 2.44. The van der Waals surface area contributed by atoms with Crippen molar-refractivity contribution in [3.63, 3.8) is 0 Å². The van der Waals surface area contributed by atoms with Crippen molar-refractivity contribution in [1.82, 2.24) is 0 Å². The van der Waals surface area contributed by atoms with Gasteiger partial charge in [0.25, 0.3) is 0 Å². The zero-order chi connectivity index (χ0) is 15.0. The Labute approximate surface area is 134 Å². The van der Waals surface area contributed by atoms with Crippen molar-refractivity contribution in [2.24, 2.45) is 5.73 Å². The van der Waals surface area contributed by atoms with Gasteiger partial charge in [0.1, 0.15) is 11.9 Å². The first-order valence-corrected chi connectivity index (χ1v) is 7.80. The average molecular weight is 322 g/mol. The number of hydrogen-bond donors (Lipinski definition) is 1. The van der Waals surface area contributed by atoms with Crippen LogP contribution in [-0.2, 0) is 6.42 Å². The summed E-state index contributed by atoms with van der Waals surface area (Å²) in [4.78, 5) is 0. The summed E-state index contributed by atoms with van der Waals surface area (Å²) in [5.41, 5.74) is 8.86. The molecule has 2 unspecified atom stereocenters. The lowest BCUT2D eigenvalue weighted by atomic mass is 9.99. The molecule has 0 saturated heterocycles. The van der Waals surface area contributed by atoms with Crippen LogP contribution in [0.2, 0.25) is 10.0 Å². The fraction of sp³-hybridized carbons (Fsp3) is 0.294. The number of ether oxygens (including phenoxy) is 1. The monoisotopic (exact) mass is 321 g/mol. The van der Waals surface area contributed by atoms with Crippen LogP contribution in [0.25, 0.3) is 11.1 Å². The quantitative estimate of drug-likeness (QED) is 0.889. The normalized spacial score (nSPS) is 18.2. The summed E-state index contributed by atoms with van der Waals surface area (Å²) in [5.74, 6) is 0.887. The van der Waals surface area contributed by atoms with Gasteiger partial charge < -0.3 is 10.5 Å². The highest BCUT2D eigenvalue weighted by molar-refractivity contribution is 6.39. The summed E-state index contributed by atoms with van der Waals surface area (Å²) in [6.07, 6.45) is 1.85. The largest absolute Gasteiger partial charge is 0.489 e. The van der Waals surface area contributed by atoms with Gasteiger partial charge in [-0.2, -0.15) is 0 Å². The molecule has 1 heterocycles. The predicted octanol–water partition coefficient (Wildman–Crippen LogP) is 4.70. The Kier molecular flexibility index (Phi) is 4.12. The van der Waals surface area contributed by atoms with E-state index >= 15 is 0 Å². The molecule has 0 fully saturated rings. The third kappa shape index (κ3) is 2.89. The van der Waals surface area contributed by atoms with E-state index in [2.05, 4.69) is 6.07 Å². The van der Waals surface area contributed by atoms with Gasteiger partial charge in [-0.3, -0.25) is 0 Å². The van der Waals surface area contributed by atoms with Crippen LogP contribution < -0.4 is 10.5 Å². The van der Waals surface area contributed by atoms with E-state index in [4.69, 9.17) is 33.7 Å². The van der Waals surface area contributed by atoms with E-state index in [-0.39, 0.29) is 12.1 Å². The lowest BCUT2D eigenvalue weighted by Crippen LogP contribution is -2.25. The average Bonchev–Trinajstić information content (AvgIpc) is 2.80. The predicted molar refractivity (Wildman–Crippen MR) is 88.3 cm³/mol. The molecule has 4 heteroatoms. The molecule has 0 aromatic heterocycles. The van der Waals surface area contributed by atoms with E-state index in [1.54, 1.807) is 0 Å². The van der Waals surface area contributed by atoms with E-state index in [0.717, 1.165) is 29.7 Å². The van der Waals surface area contributed by atoms with E-state index in [1.807, 2.05) is 37.3 Å². The molecule has 2 N–H and O–H groups in total. The van der Waals surface area contributed by atoms with Crippen LogP contribution in [-0.4, -0.2) is 12.1 Å².